The highest BCUT2D eigenvalue weighted by Crippen LogP contribution is 2.29. The molecule has 0 spiro atoms. The van der Waals surface area contributed by atoms with Gasteiger partial charge in [0.2, 0.25) is 0 Å². The summed E-state index contributed by atoms with van der Waals surface area (Å²) in [4.78, 5) is 14.8. The third kappa shape index (κ3) is 4.02. The molecule has 1 aliphatic heterocycles. The number of morpholine rings is 1. The quantitative estimate of drug-likeness (QED) is 0.797. The van der Waals surface area contributed by atoms with E-state index < -0.39 is 6.10 Å². The summed E-state index contributed by atoms with van der Waals surface area (Å²) in [6.45, 7) is 6.83. The summed E-state index contributed by atoms with van der Waals surface area (Å²) in [6.07, 6.45) is -0.739. The topological polar surface area (TPSA) is 38.8 Å². The number of halogens is 1. The van der Waals surface area contributed by atoms with E-state index in [0.29, 0.717) is 23.9 Å². The number of carbonyl (C=O) groups excluding carboxylic acids is 1. The standard InChI is InChI=1S/C21H24ClNO3/c1-14-8-4-5-9-17(14)20-12-23(15(2)13-25-20)21(24)16(3)26-19-11-7-6-10-18(19)22/h4-11,15-16,20H,12-13H2,1-3H3/t15-,16-,20+/m1/s1. The van der Waals surface area contributed by atoms with Crippen molar-refractivity contribution in [1.29, 1.82) is 0 Å². The molecule has 3 rings (SSSR count). The summed E-state index contributed by atoms with van der Waals surface area (Å²) >= 11 is 6.14. The summed E-state index contributed by atoms with van der Waals surface area (Å²) in [5, 5.41) is 0.500. The predicted octanol–water partition coefficient (Wildman–Crippen LogP) is 4.40. The average molecular weight is 374 g/mol. The van der Waals surface area contributed by atoms with Gasteiger partial charge in [0.1, 0.15) is 11.9 Å². The fourth-order valence-electron chi connectivity index (χ4n) is 3.21. The van der Waals surface area contributed by atoms with E-state index in [-0.39, 0.29) is 18.1 Å². The van der Waals surface area contributed by atoms with Gasteiger partial charge in [-0.15, -0.1) is 0 Å². The Hall–Kier alpha value is -2.04. The molecule has 0 bridgehead atoms. The van der Waals surface area contributed by atoms with Crippen LogP contribution in [0.25, 0.3) is 0 Å². The van der Waals surface area contributed by atoms with E-state index in [1.165, 1.54) is 5.56 Å². The summed E-state index contributed by atoms with van der Waals surface area (Å²) in [5.74, 6) is 0.464. The van der Waals surface area contributed by atoms with Crippen LogP contribution in [0, 0.1) is 6.92 Å². The molecule has 4 nitrogen and oxygen atoms in total. The minimum Gasteiger partial charge on any atom is -0.479 e. The summed E-state index contributed by atoms with van der Waals surface area (Å²) in [5.41, 5.74) is 2.29. The van der Waals surface area contributed by atoms with Crippen molar-refractivity contribution < 1.29 is 14.3 Å². The van der Waals surface area contributed by atoms with Crippen molar-refractivity contribution in [2.75, 3.05) is 13.2 Å². The minimum atomic E-state index is -0.618. The van der Waals surface area contributed by atoms with Crippen molar-refractivity contribution in [2.24, 2.45) is 0 Å². The maximum atomic E-state index is 13.0. The Kier molecular flexibility index (Phi) is 5.84. The molecule has 138 valence electrons. The van der Waals surface area contributed by atoms with Gasteiger partial charge in [0, 0.05) is 0 Å². The SMILES string of the molecule is Cc1ccccc1[C@@H]1CN(C(=O)[C@@H](C)Oc2ccccc2Cl)[C@H](C)CO1. The molecular formula is C21H24ClNO3. The zero-order valence-electron chi connectivity index (χ0n) is 15.3. The van der Waals surface area contributed by atoms with Gasteiger partial charge in [0.05, 0.1) is 24.2 Å². The molecule has 0 radical (unpaired) electrons. The molecule has 0 N–H and O–H groups in total. The lowest BCUT2D eigenvalue weighted by Crippen LogP contribution is -2.52. The van der Waals surface area contributed by atoms with Gasteiger partial charge >= 0.3 is 0 Å². The lowest BCUT2D eigenvalue weighted by atomic mass is 10.0. The van der Waals surface area contributed by atoms with Gasteiger partial charge in [0.15, 0.2) is 6.10 Å². The fourth-order valence-corrected chi connectivity index (χ4v) is 3.40. The number of amides is 1. The molecule has 2 aromatic rings. The fraction of sp³-hybridized carbons (Fsp3) is 0.381. The van der Waals surface area contributed by atoms with Crippen molar-refractivity contribution in [3.63, 3.8) is 0 Å². The molecule has 26 heavy (non-hydrogen) atoms. The van der Waals surface area contributed by atoms with E-state index in [2.05, 4.69) is 19.1 Å². The summed E-state index contributed by atoms with van der Waals surface area (Å²) in [6, 6.07) is 15.3. The first-order chi connectivity index (χ1) is 12.5. The van der Waals surface area contributed by atoms with Crippen molar-refractivity contribution in [3.8, 4) is 5.75 Å². The van der Waals surface area contributed by atoms with Gasteiger partial charge in [-0.2, -0.15) is 0 Å². The van der Waals surface area contributed by atoms with Crippen LogP contribution in [-0.2, 0) is 9.53 Å². The molecule has 1 aliphatic rings. The van der Waals surface area contributed by atoms with Crippen molar-refractivity contribution >= 4 is 17.5 Å². The molecule has 0 aliphatic carbocycles. The van der Waals surface area contributed by atoms with Crippen LogP contribution in [-0.4, -0.2) is 36.1 Å². The predicted molar refractivity (Wildman–Crippen MR) is 103 cm³/mol. The first kappa shape index (κ1) is 18.7. The Labute approximate surface area is 159 Å². The van der Waals surface area contributed by atoms with Crippen LogP contribution in [0.3, 0.4) is 0 Å². The van der Waals surface area contributed by atoms with Crippen LogP contribution in [0.2, 0.25) is 5.02 Å². The summed E-state index contributed by atoms with van der Waals surface area (Å²) < 4.78 is 11.8. The number of para-hydroxylation sites is 1. The molecule has 0 unspecified atom stereocenters. The Bertz CT molecular complexity index is 779. The Balaban J connectivity index is 1.73. The molecule has 3 atom stereocenters. The first-order valence-electron chi connectivity index (χ1n) is 8.86. The highest BCUT2D eigenvalue weighted by molar-refractivity contribution is 6.32. The number of carbonyl (C=O) groups is 1. The van der Waals surface area contributed by atoms with E-state index in [1.807, 2.05) is 36.1 Å². The lowest BCUT2D eigenvalue weighted by molar-refractivity contribution is -0.151. The van der Waals surface area contributed by atoms with Crippen molar-refractivity contribution in [3.05, 3.63) is 64.7 Å². The molecule has 1 heterocycles. The van der Waals surface area contributed by atoms with Crippen LogP contribution in [0.15, 0.2) is 48.5 Å². The molecule has 1 amide bonds. The Morgan fingerprint density at radius 3 is 2.65 bits per heavy atom. The number of rotatable bonds is 4. The monoisotopic (exact) mass is 373 g/mol. The van der Waals surface area contributed by atoms with Crippen LogP contribution in [0.5, 0.6) is 5.75 Å². The maximum Gasteiger partial charge on any atom is 0.263 e. The molecule has 0 aromatic heterocycles. The molecule has 1 fully saturated rings. The largest absolute Gasteiger partial charge is 0.479 e. The maximum absolute atomic E-state index is 13.0. The van der Waals surface area contributed by atoms with Gasteiger partial charge in [-0.1, -0.05) is 48.0 Å². The van der Waals surface area contributed by atoms with Gasteiger partial charge in [-0.05, 0) is 44.0 Å². The van der Waals surface area contributed by atoms with E-state index in [1.54, 1.807) is 19.1 Å². The zero-order chi connectivity index (χ0) is 18.7. The lowest BCUT2D eigenvalue weighted by Gasteiger charge is -2.39. The van der Waals surface area contributed by atoms with Crippen molar-refractivity contribution in [1.82, 2.24) is 4.90 Å². The van der Waals surface area contributed by atoms with Crippen LogP contribution in [0.4, 0.5) is 0 Å². The van der Waals surface area contributed by atoms with Gasteiger partial charge in [-0.3, -0.25) is 4.79 Å². The second kappa shape index (κ2) is 8.11. The normalized spacial score (nSPS) is 21.3. The highest BCUT2D eigenvalue weighted by Gasteiger charge is 2.34. The third-order valence-electron chi connectivity index (χ3n) is 4.74. The van der Waals surface area contributed by atoms with E-state index in [0.717, 1.165) is 5.56 Å². The first-order valence-corrected chi connectivity index (χ1v) is 9.24. The van der Waals surface area contributed by atoms with Crippen LogP contribution >= 0.6 is 11.6 Å². The van der Waals surface area contributed by atoms with Gasteiger partial charge in [0.25, 0.3) is 5.91 Å². The van der Waals surface area contributed by atoms with Gasteiger partial charge < -0.3 is 14.4 Å². The number of hydrogen-bond acceptors (Lipinski definition) is 3. The smallest absolute Gasteiger partial charge is 0.263 e. The molecule has 5 heteroatoms. The number of hydrogen-bond donors (Lipinski definition) is 0. The second-order valence-electron chi connectivity index (χ2n) is 6.71. The number of ether oxygens (including phenoxy) is 2. The second-order valence-corrected chi connectivity index (χ2v) is 7.12. The average Bonchev–Trinajstić information content (AvgIpc) is 2.64. The van der Waals surface area contributed by atoms with Crippen molar-refractivity contribution in [2.45, 2.75) is 39.0 Å². The molecular weight excluding hydrogens is 350 g/mol. The van der Waals surface area contributed by atoms with E-state index in [9.17, 15) is 4.79 Å². The minimum absolute atomic E-state index is 0.0000589. The summed E-state index contributed by atoms with van der Waals surface area (Å²) in [7, 11) is 0. The number of benzene rings is 2. The highest BCUT2D eigenvalue weighted by atomic mass is 35.5. The Morgan fingerprint density at radius 2 is 1.92 bits per heavy atom. The van der Waals surface area contributed by atoms with Gasteiger partial charge in [-0.25, -0.2) is 0 Å². The molecule has 0 saturated carbocycles. The van der Waals surface area contributed by atoms with Crippen LogP contribution in [0.1, 0.15) is 31.1 Å². The number of aryl methyl sites for hydroxylation is 1. The Morgan fingerprint density at radius 1 is 1.23 bits per heavy atom. The molecule has 2 aromatic carbocycles. The van der Waals surface area contributed by atoms with Crippen LogP contribution < -0.4 is 4.74 Å². The number of nitrogens with zero attached hydrogens (tertiary/aromatic N) is 1. The molecule has 1 saturated heterocycles. The van der Waals surface area contributed by atoms with E-state index >= 15 is 0 Å². The van der Waals surface area contributed by atoms with E-state index in [4.69, 9.17) is 21.1 Å². The zero-order valence-corrected chi connectivity index (χ0v) is 16.1. The third-order valence-corrected chi connectivity index (χ3v) is 5.05.